The average Bonchev–Trinajstić information content (AvgIpc) is 2.37. The topological polar surface area (TPSA) is 97.7 Å². The Bertz CT molecular complexity index is 334. The van der Waals surface area contributed by atoms with E-state index in [1.165, 1.54) is 0 Å². The first-order valence-electron chi connectivity index (χ1n) is 6.36. The molecule has 6 heteroatoms. The fourth-order valence-corrected chi connectivity index (χ4v) is 1.30. The van der Waals surface area contributed by atoms with Crippen LogP contribution in [-0.4, -0.2) is 35.2 Å². The van der Waals surface area contributed by atoms with Crippen LogP contribution in [-0.2, 0) is 23.9 Å². The maximum atomic E-state index is 11.4. The maximum absolute atomic E-state index is 11.4. The van der Waals surface area contributed by atoms with Gasteiger partial charge in [0.1, 0.15) is 11.6 Å². The van der Waals surface area contributed by atoms with E-state index in [1.54, 1.807) is 0 Å². The van der Waals surface area contributed by atoms with Gasteiger partial charge in [-0.25, -0.2) is 0 Å². The number of carbonyl (C=O) groups is 4. The molecule has 0 aromatic rings. The van der Waals surface area contributed by atoms with E-state index in [0.717, 1.165) is 6.42 Å². The Hall–Kier alpha value is -1.72. The van der Waals surface area contributed by atoms with Gasteiger partial charge in [-0.2, -0.15) is 0 Å². The van der Waals surface area contributed by atoms with Crippen LogP contribution in [0.5, 0.6) is 0 Å². The fourth-order valence-electron chi connectivity index (χ4n) is 1.30. The number of rotatable bonds is 11. The van der Waals surface area contributed by atoms with Crippen LogP contribution >= 0.6 is 0 Å². The Morgan fingerprint density at radius 1 is 0.842 bits per heavy atom. The van der Waals surface area contributed by atoms with Crippen molar-refractivity contribution in [1.82, 2.24) is 0 Å². The maximum Gasteiger partial charge on any atom is 0.306 e. The third-order valence-corrected chi connectivity index (χ3v) is 2.38. The summed E-state index contributed by atoms with van der Waals surface area (Å²) < 4.78 is 4.81. The number of Topliss-reactive ketones (excluding diaryl/α,β-unsaturated/α-hetero) is 2. The van der Waals surface area contributed by atoms with Crippen LogP contribution in [0.2, 0.25) is 0 Å². The third-order valence-electron chi connectivity index (χ3n) is 2.38. The zero-order valence-corrected chi connectivity index (χ0v) is 11.1. The van der Waals surface area contributed by atoms with Crippen molar-refractivity contribution >= 4 is 23.5 Å². The minimum absolute atomic E-state index is 0.0299. The summed E-state index contributed by atoms with van der Waals surface area (Å²) in [6, 6.07) is 0. The highest BCUT2D eigenvalue weighted by molar-refractivity contribution is 5.88. The number of ether oxygens (including phenoxy) is 1. The standard InChI is InChI=1S/C13H20O6/c1-2-9-19-13(18)8-6-11(15)4-3-10(14)5-7-12(16)17/h2-9H2,1H3,(H,16,17). The van der Waals surface area contributed by atoms with Gasteiger partial charge in [-0.15, -0.1) is 0 Å². The number of carboxylic acid groups (broad SMARTS) is 1. The van der Waals surface area contributed by atoms with Crippen LogP contribution in [0.1, 0.15) is 51.9 Å². The van der Waals surface area contributed by atoms with Gasteiger partial charge in [-0.1, -0.05) is 6.92 Å². The van der Waals surface area contributed by atoms with E-state index < -0.39 is 11.9 Å². The van der Waals surface area contributed by atoms with Gasteiger partial charge >= 0.3 is 11.9 Å². The van der Waals surface area contributed by atoms with E-state index >= 15 is 0 Å². The molecular weight excluding hydrogens is 252 g/mol. The van der Waals surface area contributed by atoms with E-state index in [-0.39, 0.29) is 50.1 Å². The van der Waals surface area contributed by atoms with Gasteiger partial charge in [0.25, 0.3) is 0 Å². The summed E-state index contributed by atoms with van der Waals surface area (Å²) in [6.07, 6.45) is 0.655. The molecule has 108 valence electrons. The molecule has 6 nitrogen and oxygen atoms in total. The minimum Gasteiger partial charge on any atom is -0.481 e. The molecule has 0 aliphatic rings. The molecule has 0 bridgehead atoms. The van der Waals surface area contributed by atoms with Crippen molar-refractivity contribution in [1.29, 1.82) is 0 Å². The molecule has 0 atom stereocenters. The smallest absolute Gasteiger partial charge is 0.306 e. The zero-order valence-electron chi connectivity index (χ0n) is 11.1. The molecule has 0 fully saturated rings. The van der Waals surface area contributed by atoms with E-state index in [2.05, 4.69) is 0 Å². The summed E-state index contributed by atoms with van der Waals surface area (Å²) in [7, 11) is 0. The molecule has 0 aliphatic heterocycles. The van der Waals surface area contributed by atoms with E-state index in [4.69, 9.17) is 9.84 Å². The van der Waals surface area contributed by atoms with Crippen molar-refractivity contribution < 1.29 is 29.0 Å². The molecule has 0 unspecified atom stereocenters. The molecule has 0 spiro atoms. The lowest BCUT2D eigenvalue weighted by Crippen LogP contribution is -2.10. The van der Waals surface area contributed by atoms with Crippen molar-refractivity contribution in [3.8, 4) is 0 Å². The fraction of sp³-hybridized carbons (Fsp3) is 0.692. The zero-order chi connectivity index (χ0) is 14.7. The van der Waals surface area contributed by atoms with Crippen LogP contribution in [0.25, 0.3) is 0 Å². The largest absolute Gasteiger partial charge is 0.481 e. The molecule has 0 saturated heterocycles. The predicted molar refractivity (Wildman–Crippen MR) is 66.6 cm³/mol. The number of carbonyl (C=O) groups excluding carboxylic acids is 3. The summed E-state index contributed by atoms with van der Waals surface area (Å²) in [5.41, 5.74) is 0. The van der Waals surface area contributed by atoms with Gasteiger partial charge in [0.2, 0.25) is 0 Å². The summed E-state index contributed by atoms with van der Waals surface area (Å²) in [5, 5.41) is 8.39. The Balaban J connectivity index is 3.66. The SMILES string of the molecule is CCCOC(=O)CCC(=O)CCC(=O)CCC(=O)O. The molecule has 0 radical (unpaired) electrons. The van der Waals surface area contributed by atoms with Crippen LogP contribution < -0.4 is 0 Å². The highest BCUT2D eigenvalue weighted by atomic mass is 16.5. The van der Waals surface area contributed by atoms with Crippen molar-refractivity contribution in [2.75, 3.05) is 6.61 Å². The number of hydrogen-bond donors (Lipinski definition) is 1. The van der Waals surface area contributed by atoms with Gasteiger partial charge < -0.3 is 9.84 Å². The molecule has 0 rings (SSSR count). The van der Waals surface area contributed by atoms with Gasteiger partial charge in [0.15, 0.2) is 0 Å². The first kappa shape index (κ1) is 17.3. The highest BCUT2D eigenvalue weighted by Crippen LogP contribution is 2.04. The van der Waals surface area contributed by atoms with Crippen LogP contribution in [0.3, 0.4) is 0 Å². The second kappa shape index (κ2) is 10.2. The first-order valence-corrected chi connectivity index (χ1v) is 6.36. The van der Waals surface area contributed by atoms with E-state index in [9.17, 15) is 19.2 Å². The number of carboxylic acids is 1. The van der Waals surface area contributed by atoms with Crippen molar-refractivity contribution in [3.63, 3.8) is 0 Å². The van der Waals surface area contributed by atoms with Crippen LogP contribution in [0.4, 0.5) is 0 Å². The molecule has 1 N–H and O–H groups in total. The summed E-state index contributed by atoms with van der Waals surface area (Å²) in [5.74, 6) is -1.87. The van der Waals surface area contributed by atoms with Crippen LogP contribution in [0, 0.1) is 0 Å². The quantitative estimate of drug-likeness (QED) is 0.572. The molecular formula is C13H20O6. The molecule has 0 amide bonds. The molecule has 0 heterocycles. The molecule has 0 saturated carbocycles. The second-order valence-corrected chi connectivity index (χ2v) is 4.19. The lowest BCUT2D eigenvalue weighted by atomic mass is 10.1. The van der Waals surface area contributed by atoms with Crippen molar-refractivity contribution in [2.45, 2.75) is 51.9 Å². The molecule has 0 aromatic heterocycles. The second-order valence-electron chi connectivity index (χ2n) is 4.19. The number of aliphatic carboxylic acids is 1. The summed E-state index contributed by atoms with van der Waals surface area (Å²) >= 11 is 0. The summed E-state index contributed by atoms with van der Waals surface area (Å²) in [6.45, 7) is 2.22. The van der Waals surface area contributed by atoms with Crippen molar-refractivity contribution in [3.05, 3.63) is 0 Å². The Labute approximate surface area is 112 Å². The Morgan fingerprint density at radius 3 is 1.79 bits per heavy atom. The van der Waals surface area contributed by atoms with Crippen LogP contribution in [0.15, 0.2) is 0 Å². The lowest BCUT2D eigenvalue weighted by Gasteiger charge is -2.02. The Kier molecular flexibility index (Phi) is 9.30. The number of hydrogen-bond acceptors (Lipinski definition) is 5. The van der Waals surface area contributed by atoms with Gasteiger partial charge in [-0.3, -0.25) is 19.2 Å². The molecule has 19 heavy (non-hydrogen) atoms. The average molecular weight is 272 g/mol. The van der Waals surface area contributed by atoms with Crippen molar-refractivity contribution in [2.24, 2.45) is 0 Å². The lowest BCUT2D eigenvalue weighted by molar-refractivity contribution is -0.144. The number of esters is 1. The first-order chi connectivity index (χ1) is 8.95. The minimum atomic E-state index is -1.03. The molecule has 0 aromatic carbocycles. The van der Waals surface area contributed by atoms with Gasteiger partial charge in [0.05, 0.1) is 19.4 Å². The van der Waals surface area contributed by atoms with E-state index in [0.29, 0.717) is 6.61 Å². The normalized spacial score (nSPS) is 9.95. The monoisotopic (exact) mass is 272 g/mol. The number of ketones is 2. The third kappa shape index (κ3) is 11.1. The van der Waals surface area contributed by atoms with Gasteiger partial charge in [-0.05, 0) is 6.42 Å². The van der Waals surface area contributed by atoms with Gasteiger partial charge in [0, 0.05) is 25.7 Å². The van der Waals surface area contributed by atoms with E-state index in [1.807, 2.05) is 6.92 Å². The Morgan fingerprint density at radius 2 is 1.32 bits per heavy atom. The molecule has 0 aliphatic carbocycles. The summed E-state index contributed by atoms with van der Waals surface area (Å²) in [4.78, 5) is 44.0. The highest BCUT2D eigenvalue weighted by Gasteiger charge is 2.11. The predicted octanol–water partition coefficient (Wildman–Crippen LogP) is 1.50.